The Hall–Kier alpha value is -3.00. The van der Waals surface area contributed by atoms with Crippen molar-refractivity contribution in [1.29, 1.82) is 0 Å². The average molecular weight is 413 g/mol. The van der Waals surface area contributed by atoms with Gasteiger partial charge in [0.15, 0.2) is 11.5 Å². The summed E-state index contributed by atoms with van der Waals surface area (Å²) in [6.07, 6.45) is 0. The molecule has 0 radical (unpaired) electrons. The lowest BCUT2D eigenvalue weighted by Gasteiger charge is -2.12. The zero-order valence-electron chi connectivity index (χ0n) is 16.8. The summed E-state index contributed by atoms with van der Waals surface area (Å²) < 4.78 is 16.2. The van der Waals surface area contributed by atoms with E-state index < -0.39 is 0 Å². The second-order valence-corrected chi connectivity index (χ2v) is 7.70. The van der Waals surface area contributed by atoms with Crippen LogP contribution in [0.1, 0.15) is 18.1 Å². The van der Waals surface area contributed by atoms with Gasteiger partial charge in [-0.2, -0.15) is 0 Å². The molecule has 0 fully saturated rings. The number of nitrogens with zero attached hydrogens (tertiary/aromatic N) is 2. The van der Waals surface area contributed by atoms with Crippen molar-refractivity contribution in [3.05, 3.63) is 53.6 Å². The molecule has 1 N–H and O–H groups in total. The van der Waals surface area contributed by atoms with Crippen LogP contribution in [0.4, 0.5) is 0 Å². The van der Waals surface area contributed by atoms with Crippen LogP contribution in [0.15, 0.2) is 52.1 Å². The van der Waals surface area contributed by atoms with E-state index in [-0.39, 0.29) is 11.2 Å². The van der Waals surface area contributed by atoms with Gasteiger partial charge < -0.3 is 19.2 Å². The number of nitrogens with one attached hydrogen (secondary N) is 1. The minimum Gasteiger partial charge on any atom is -0.493 e. The number of ether oxygens (including phenoxy) is 2. The predicted octanol–water partition coefficient (Wildman–Crippen LogP) is 3.86. The number of carbonyl (C=O) groups is 1. The fourth-order valence-electron chi connectivity index (χ4n) is 2.68. The Kier molecular flexibility index (Phi) is 6.77. The fraction of sp³-hybridized carbons (Fsp3) is 0.286. The van der Waals surface area contributed by atoms with E-state index in [1.165, 1.54) is 11.8 Å². The summed E-state index contributed by atoms with van der Waals surface area (Å²) in [5.74, 6) is 1.58. The number of hydrogen-bond donors (Lipinski definition) is 1. The molecule has 0 unspecified atom stereocenters. The summed E-state index contributed by atoms with van der Waals surface area (Å²) in [5.41, 5.74) is 2.88. The Morgan fingerprint density at radius 3 is 2.66 bits per heavy atom. The molecule has 1 heterocycles. The molecular formula is C21H23N3O4S. The van der Waals surface area contributed by atoms with Gasteiger partial charge in [0.05, 0.1) is 19.5 Å². The van der Waals surface area contributed by atoms with Gasteiger partial charge >= 0.3 is 0 Å². The molecular weight excluding hydrogens is 390 g/mol. The Labute approximate surface area is 173 Å². The topological polar surface area (TPSA) is 86.5 Å². The molecule has 3 aromatic rings. The van der Waals surface area contributed by atoms with E-state index in [2.05, 4.69) is 15.5 Å². The fourth-order valence-corrected chi connectivity index (χ4v) is 3.39. The molecule has 0 saturated carbocycles. The van der Waals surface area contributed by atoms with Gasteiger partial charge in [0, 0.05) is 12.1 Å². The smallest absolute Gasteiger partial charge is 0.277 e. The molecule has 8 heteroatoms. The first-order valence-electron chi connectivity index (χ1n) is 9.06. The maximum atomic E-state index is 12.4. The summed E-state index contributed by atoms with van der Waals surface area (Å²) in [7, 11) is 3.16. The number of benzene rings is 2. The molecule has 29 heavy (non-hydrogen) atoms. The van der Waals surface area contributed by atoms with Crippen molar-refractivity contribution in [3.8, 4) is 23.0 Å². The first-order chi connectivity index (χ1) is 14.0. The molecule has 0 spiro atoms. The molecule has 0 aliphatic rings. The van der Waals surface area contributed by atoms with Crippen LogP contribution < -0.4 is 14.8 Å². The van der Waals surface area contributed by atoms with Crippen LogP contribution in [0, 0.1) is 6.92 Å². The van der Waals surface area contributed by atoms with E-state index in [0.29, 0.717) is 29.2 Å². The van der Waals surface area contributed by atoms with Crippen molar-refractivity contribution in [2.45, 2.75) is 30.9 Å². The van der Waals surface area contributed by atoms with E-state index in [4.69, 9.17) is 13.9 Å². The molecule has 1 atom stereocenters. The maximum Gasteiger partial charge on any atom is 0.277 e. The Balaban J connectivity index is 1.57. The van der Waals surface area contributed by atoms with Crippen LogP contribution in [0.2, 0.25) is 0 Å². The van der Waals surface area contributed by atoms with E-state index in [1.54, 1.807) is 21.1 Å². The number of hydrogen-bond acceptors (Lipinski definition) is 7. The monoisotopic (exact) mass is 413 g/mol. The van der Waals surface area contributed by atoms with Crippen LogP contribution in [-0.2, 0) is 11.3 Å². The Morgan fingerprint density at radius 2 is 1.93 bits per heavy atom. The number of aryl methyl sites for hydroxylation is 1. The third-order valence-electron chi connectivity index (χ3n) is 4.23. The molecule has 2 aromatic carbocycles. The second-order valence-electron chi connectivity index (χ2n) is 6.41. The first kappa shape index (κ1) is 20.7. The van der Waals surface area contributed by atoms with E-state index in [1.807, 2.05) is 49.4 Å². The number of amides is 1. The minimum atomic E-state index is -0.388. The normalized spacial score (nSPS) is 11.7. The van der Waals surface area contributed by atoms with Crippen molar-refractivity contribution < 1.29 is 18.7 Å². The van der Waals surface area contributed by atoms with Crippen molar-refractivity contribution >= 4 is 17.7 Å². The molecule has 1 aromatic heterocycles. The SMILES string of the molecule is COc1ccc(CNC(=O)[C@@H](C)Sc2nnc(-c3cccc(C)c3)o2)cc1OC. The van der Waals surface area contributed by atoms with Crippen LogP contribution in [-0.4, -0.2) is 35.6 Å². The Bertz CT molecular complexity index is 990. The van der Waals surface area contributed by atoms with Gasteiger partial charge in [-0.25, -0.2) is 0 Å². The number of carbonyl (C=O) groups excluding carboxylic acids is 1. The Morgan fingerprint density at radius 1 is 1.14 bits per heavy atom. The van der Waals surface area contributed by atoms with Crippen LogP contribution >= 0.6 is 11.8 Å². The van der Waals surface area contributed by atoms with E-state index in [9.17, 15) is 4.79 Å². The second kappa shape index (κ2) is 9.47. The minimum absolute atomic E-state index is 0.125. The average Bonchev–Trinajstić information content (AvgIpc) is 3.20. The van der Waals surface area contributed by atoms with Gasteiger partial charge in [0.2, 0.25) is 11.8 Å². The number of methoxy groups -OCH3 is 2. The molecule has 7 nitrogen and oxygen atoms in total. The highest BCUT2D eigenvalue weighted by Gasteiger charge is 2.19. The largest absolute Gasteiger partial charge is 0.493 e. The van der Waals surface area contributed by atoms with E-state index in [0.717, 1.165) is 16.7 Å². The highest BCUT2D eigenvalue weighted by molar-refractivity contribution is 8.00. The first-order valence-corrected chi connectivity index (χ1v) is 9.94. The molecule has 0 bridgehead atoms. The maximum absolute atomic E-state index is 12.4. The zero-order chi connectivity index (χ0) is 20.8. The lowest BCUT2D eigenvalue weighted by atomic mass is 10.1. The summed E-state index contributed by atoms with van der Waals surface area (Å²) in [6, 6.07) is 13.3. The van der Waals surface area contributed by atoms with Gasteiger partial charge in [-0.15, -0.1) is 10.2 Å². The molecule has 0 aliphatic heterocycles. The highest BCUT2D eigenvalue weighted by Crippen LogP contribution is 2.28. The van der Waals surface area contributed by atoms with E-state index >= 15 is 0 Å². The van der Waals surface area contributed by atoms with Crippen molar-refractivity contribution in [1.82, 2.24) is 15.5 Å². The van der Waals surface area contributed by atoms with Crippen LogP contribution in [0.3, 0.4) is 0 Å². The molecule has 3 rings (SSSR count). The standard InChI is InChI=1S/C21H23N3O4S/c1-13-6-5-7-16(10-13)20-23-24-21(28-20)29-14(2)19(25)22-12-15-8-9-17(26-3)18(11-15)27-4/h5-11,14H,12H2,1-4H3,(H,22,25)/t14-/m1/s1. The highest BCUT2D eigenvalue weighted by atomic mass is 32.2. The predicted molar refractivity (Wildman–Crippen MR) is 111 cm³/mol. The van der Waals surface area contributed by atoms with Gasteiger partial charge in [0.25, 0.3) is 5.22 Å². The summed E-state index contributed by atoms with van der Waals surface area (Å²) >= 11 is 1.22. The van der Waals surface area contributed by atoms with Gasteiger partial charge in [-0.3, -0.25) is 4.79 Å². The summed E-state index contributed by atoms with van der Waals surface area (Å²) in [4.78, 5) is 12.4. The summed E-state index contributed by atoms with van der Waals surface area (Å²) in [6.45, 7) is 4.17. The van der Waals surface area contributed by atoms with Crippen LogP contribution in [0.25, 0.3) is 11.5 Å². The molecule has 0 saturated heterocycles. The number of thioether (sulfide) groups is 1. The third kappa shape index (κ3) is 5.29. The van der Waals surface area contributed by atoms with Crippen molar-refractivity contribution in [3.63, 3.8) is 0 Å². The molecule has 1 amide bonds. The van der Waals surface area contributed by atoms with Gasteiger partial charge in [-0.1, -0.05) is 35.5 Å². The van der Waals surface area contributed by atoms with Crippen molar-refractivity contribution in [2.24, 2.45) is 0 Å². The lowest BCUT2D eigenvalue weighted by molar-refractivity contribution is -0.120. The molecule has 0 aliphatic carbocycles. The van der Waals surface area contributed by atoms with Gasteiger partial charge in [-0.05, 0) is 43.7 Å². The van der Waals surface area contributed by atoms with Crippen LogP contribution in [0.5, 0.6) is 11.5 Å². The van der Waals surface area contributed by atoms with Gasteiger partial charge in [0.1, 0.15) is 0 Å². The molecule has 152 valence electrons. The summed E-state index contributed by atoms with van der Waals surface area (Å²) in [5, 5.41) is 11.0. The zero-order valence-corrected chi connectivity index (χ0v) is 17.6. The van der Waals surface area contributed by atoms with Crippen molar-refractivity contribution in [2.75, 3.05) is 14.2 Å². The third-order valence-corrected chi connectivity index (χ3v) is 5.17. The number of aromatic nitrogens is 2. The lowest BCUT2D eigenvalue weighted by Crippen LogP contribution is -2.30. The number of rotatable bonds is 8. The quantitative estimate of drug-likeness (QED) is 0.561.